The van der Waals surface area contributed by atoms with Gasteiger partial charge >= 0.3 is 6.61 Å². The Hall–Kier alpha value is -2.70. The number of ether oxygens (including phenoxy) is 1. The number of benzene rings is 2. The Balaban J connectivity index is 2.12. The molecule has 0 aliphatic heterocycles. The Morgan fingerprint density at radius 1 is 1.25 bits per heavy atom. The molecule has 0 unspecified atom stereocenters. The van der Waals surface area contributed by atoms with Crippen LogP contribution in [0.25, 0.3) is 0 Å². The number of aryl methyl sites for hydroxylation is 1. The molecule has 2 rings (SSSR count). The number of hydrogen-bond acceptors (Lipinski definition) is 2. The van der Waals surface area contributed by atoms with Crippen LogP contribution in [0, 0.1) is 5.82 Å². The van der Waals surface area contributed by atoms with Gasteiger partial charge in [0.2, 0.25) is 0 Å². The summed E-state index contributed by atoms with van der Waals surface area (Å²) in [5.74, 6) is -0.887. The molecule has 0 spiro atoms. The Kier molecular flexibility index (Phi) is 6.06. The molecule has 0 saturated carbocycles. The molecule has 0 atom stereocenters. The van der Waals surface area contributed by atoms with E-state index in [2.05, 4.69) is 15.0 Å². The molecule has 0 aliphatic carbocycles. The van der Waals surface area contributed by atoms with E-state index in [9.17, 15) is 13.2 Å². The summed E-state index contributed by atoms with van der Waals surface area (Å²) in [6.45, 7) is -1.23. The van der Waals surface area contributed by atoms with E-state index in [1.54, 1.807) is 0 Å². The summed E-state index contributed by atoms with van der Waals surface area (Å²) in [6, 6.07) is 11.3. The lowest BCUT2D eigenvalue weighted by molar-refractivity contribution is -0.0506. The quantitative estimate of drug-likeness (QED) is 0.620. The van der Waals surface area contributed by atoms with Gasteiger partial charge in [-0.1, -0.05) is 25.1 Å². The Bertz CT molecular complexity index is 720. The molecule has 0 amide bonds. The molecule has 0 bridgehead atoms. The van der Waals surface area contributed by atoms with Crippen molar-refractivity contribution in [2.75, 3.05) is 5.32 Å². The van der Waals surface area contributed by atoms with Gasteiger partial charge in [-0.05, 0) is 36.2 Å². The van der Waals surface area contributed by atoms with E-state index in [0.29, 0.717) is 0 Å². The van der Waals surface area contributed by atoms with Gasteiger partial charge < -0.3 is 15.8 Å². The standard InChI is InChI=1S/C17H18F3N3O/c1-2-11-5-3-6-12(9-11)23-17(21)22-10-13-14(18)7-4-8-15(13)24-16(19)20/h3-9,16H,2,10H2,1H3,(H3,21,22,23). The van der Waals surface area contributed by atoms with Gasteiger partial charge in [0.05, 0.1) is 12.1 Å². The van der Waals surface area contributed by atoms with Crippen molar-refractivity contribution in [3.63, 3.8) is 0 Å². The number of nitrogens with one attached hydrogen (secondary N) is 1. The molecule has 0 fully saturated rings. The highest BCUT2D eigenvalue weighted by molar-refractivity contribution is 5.92. The molecule has 0 aromatic heterocycles. The highest BCUT2D eigenvalue weighted by atomic mass is 19.3. The minimum absolute atomic E-state index is 0.0505. The zero-order chi connectivity index (χ0) is 17.5. The molecule has 0 aliphatic rings. The number of rotatable bonds is 6. The second-order valence-corrected chi connectivity index (χ2v) is 4.98. The molecule has 128 valence electrons. The predicted octanol–water partition coefficient (Wildman–Crippen LogP) is 3.92. The monoisotopic (exact) mass is 337 g/mol. The van der Waals surface area contributed by atoms with E-state index in [4.69, 9.17) is 5.73 Å². The van der Waals surface area contributed by atoms with Crippen molar-refractivity contribution in [2.24, 2.45) is 10.7 Å². The lowest BCUT2D eigenvalue weighted by Gasteiger charge is -2.11. The zero-order valence-corrected chi connectivity index (χ0v) is 13.1. The molecule has 24 heavy (non-hydrogen) atoms. The van der Waals surface area contributed by atoms with Crippen molar-refractivity contribution in [3.05, 3.63) is 59.4 Å². The summed E-state index contributed by atoms with van der Waals surface area (Å²) in [7, 11) is 0. The van der Waals surface area contributed by atoms with E-state index in [0.717, 1.165) is 23.7 Å². The van der Waals surface area contributed by atoms with Gasteiger partial charge in [-0.3, -0.25) is 0 Å². The molecule has 4 nitrogen and oxygen atoms in total. The van der Waals surface area contributed by atoms with Crippen molar-refractivity contribution in [1.82, 2.24) is 0 Å². The fraction of sp³-hybridized carbons (Fsp3) is 0.235. The maximum absolute atomic E-state index is 13.8. The van der Waals surface area contributed by atoms with Crippen LogP contribution in [0.1, 0.15) is 18.1 Å². The van der Waals surface area contributed by atoms with Crippen LogP contribution in [0.3, 0.4) is 0 Å². The molecule has 3 N–H and O–H groups in total. The fourth-order valence-electron chi connectivity index (χ4n) is 2.12. The number of anilines is 1. The minimum atomic E-state index is -3.04. The van der Waals surface area contributed by atoms with Crippen molar-refractivity contribution in [3.8, 4) is 5.75 Å². The van der Waals surface area contributed by atoms with E-state index >= 15 is 0 Å². The molecular weight excluding hydrogens is 319 g/mol. The maximum Gasteiger partial charge on any atom is 0.387 e. The van der Waals surface area contributed by atoms with Gasteiger partial charge in [0, 0.05) is 5.69 Å². The third kappa shape index (κ3) is 4.91. The topological polar surface area (TPSA) is 59.6 Å². The number of guanidine groups is 1. The van der Waals surface area contributed by atoms with Crippen LogP contribution in [0.2, 0.25) is 0 Å². The van der Waals surface area contributed by atoms with Crippen molar-refractivity contribution < 1.29 is 17.9 Å². The minimum Gasteiger partial charge on any atom is -0.434 e. The molecular formula is C17H18F3N3O. The first-order valence-electron chi connectivity index (χ1n) is 7.37. The number of halogens is 3. The molecule has 0 heterocycles. The fourth-order valence-corrected chi connectivity index (χ4v) is 2.12. The number of nitrogens with zero attached hydrogens (tertiary/aromatic N) is 1. The van der Waals surface area contributed by atoms with Gasteiger partial charge in [-0.15, -0.1) is 0 Å². The van der Waals surface area contributed by atoms with Gasteiger partial charge in [0.1, 0.15) is 11.6 Å². The summed E-state index contributed by atoms with van der Waals surface area (Å²) in [6.07, 6.45) is 0.871. The number of alkyl halides is 2. The first kappa shape index (κ1) is 17.7. The highest BCUT2D eigenvalue weighted by Gasteiger charge is 2.13. The van der Waals surface area contributed by atoms with E-state index in [1.165, 1.54) is 12.1 Å². The highest BCUT2D eigenvalue weighted by Crippen LogP contribution is 2.24. The summed E-state index contributed by atoms with van der Waals surface area (Å²) >= 11 is 0. The first-order chi connectivity index (χ1) is 11.5. The van der Waals surface area contributed by atoms with E-state index in [1.807, 2.05) is 31.2 Å². The van der Waals surface area contributed by atoms with Crippen molar-refractivity contribution >= 4 is 11.6 Å². The second kappa shape index (κ2) is 8.24. The summed E-state index contributed by atoms with van der Waals surface area (Å²) in [4.78, 5) is 3.99. The van der Waals surface area contributed by atoms with Crippen LogP contribution >= 0.6 is 0 Å². The first-order valence-corrected chi connectivity index (χ1v) is 7.37. The SMILES string of the molecule is CCc1cccc(NC(N)=NCc2c(F)cccc2OC(F)F)c1. The van der Waals surface area contributed by atoms with Crippen LogP contribution in [0.5, 0.6) is 5.75 Å². The van der Waals surface area contributed by atoms with Crippen molar-refractivity contribution in [1.29, 1.82) is 0 Å². The molecule has 7 heteroatoms. The van der Waals surface area contributed by atoms with E-state index < -0.39 is 12.4 Å². The number of hydrogen-bond donors (Lipinski definition) is 2. The molecule has 2 aromatic carbocycles. The number of nitrogens with two attached hydrogens (primary N) is 1. The largest absolute Gasteiger partial charge is 0.434 e. The smallest absolute Gasteiger partial charge is 0.387 e. The third-order valence-electron chi connectivity index (χ3n) is 3.31. The summed E-state index contributed by atoms with van der Waals surface area (Å²) < 4.78 is 42.9. The van der Waals surface area contributed by atoms with Crippen LogP contribution in [-0.4, -0.2) is 12.6 Å². The lowest BCUT2D eigenvalue weighted by Crippen LogP contribution is -2.22. The average Bonchev–Trinajstić information content (AvgIpc) is 2.54. The molecule has 2 aromatic rings. The maximum atomic E-state index is 13.8. The van der Waals surface area contributed by atoms with E-state index in [-0.39, 0.29) is 23.8 Å². The van der Waals surface area contributed by atoms with Gasteiger partial charge in [-0.25, -0.2) is 9.38 Å². The summed E-state index contributed by atoms with van der Waals surface area (Å²) in [5, 5.41) is 2.88. The van der Waals surface area contributed by atoms with Gasteiger partial charge in [0.25, 0.3) is 0 Å². The molecule has 0 radical (unpaired) electrons. The average molecular weight is 337 g/mol. The zero-order valence-electron chi connectivity index (χ0n) is 13.1. The summed E-state index contributed by atoms with van der Waals surface area (Å²) in [5.41, 5.74) is 7.56. The van der Waals surface area contributed by atoms with Crippen molar-refractivity contribution in [2.45, 2.75) is 26.5 Å². The Morgan fingerprint density at radius 3 is 2.71 bits per heavy atom. The Labute approximate surface area is 138 Å². The van der Waals surface area contributed by atoms with Crippen LogP contribution < -0.4 is 15.8 Å². The molecule has 0 saturated heterocycles. The third-order valence-corrected chi connectivity index (χ3v) is 3.31. The Morgan fingerprint density at radius 2 is 2.00 bits per heavy atom. The number of aliphatic imine (C=N–C) groups is 1. The second-order valence-electron chi connectivity index (χ2n) is 4.98. The van der Waals surface area contributed by atoms with Crippen LogP contribution in [0.15, 0.2) is 47.5 Å². The van der Waals surface area contributed by atoms with Crippen LogP contribution in [-0.2, 0) is 13.0 Å². The van der Waals surface area contributed by atoms with Gasteiger partial charge in [-0.2, -0.15) is 8.78 Å². The lowest BCUT2D eigenvalue weighted by atomic mass is 10.1. The normalized spacial score (nSPS) is 11.6. The van der Waals surface area contributed by atoms with Gasteiger partial charge in [0.15, 0.2) is 5.96 Å². The predicted molar refractivity (Wildman–Crippen MR) is 87.8 cm³/mol. The van der Waals surface area contributed by atoms with Crippen LogP contribution in [0.4, 0.5) is 18.9 Å².